The van der Waals surface area contributed by atoms with E-state index in [-0.39, 0.29) is 12.3 Å². The fraction of sp³-hybridized carbons (Fsp3) is 0.294. The van der Waals surface area contributed by atoms with Crippen LogP contribution in [-0.2, 0) is 17.6 Å². The Kier molecular flexibility index (Phi) is 5.92. The second-order valence-corrected chi connectivity index (χ2v) is 5.64. The first-order valence-electron chi connectivity index (χ1n) is 7.19. The second kappa shape index (κ2) is 7.92. The van der Waals surface area contributed by atoms with Crippen LogP contribution in [0.1, 0.15) is 29.0 Å². The Hall–Kier alpha value is -1.91. The second-order valence-electron chi connectivity index (χ2n) is 5.24. The minimum absolute atomic E-state index is 0.0297. The molecule has 0 radical (unpaired) electrons. The van der Waals surface area contributed by atoms with E-state index in [2.05, 4.69) is 4.98 Å². The van der Waals surface area contributed by atoms with Gasteiger partial charge in [0.1, 0.15) is 0 Å². The largest absolute Gasteiger partial charge is 0.481 e. The van der Waals surface area contributed by atoms with Gasteiger partial charge in [-0.05, 0) is 54.3 Å². The van der Waals surface area contributed by atoms with Gasteiger partial charge in [-0.15, -0.1) is 0 Å². The lowest BCUT2D eigenvalue weighted by atomic mass is 9.93. The highest BCUT2D eigenvalue weighted by molar-refractivity contribution is 6.31. The average molecular weight is 319 g/mol. The number of carboxylic acids is 1. The molecule has 3 N–H and O–H groups in total. The molecule has 0 unspecified atom stereocenters. The first-order valence-corrected chi connectivity index (χ1v) is 7.57. The van der Waals surface area contributed by atoms with Crippen LogP contribution in [0.25, 0.3) is 0 Å². The molecule has 1 atom stereocenters. The molecule has 0 amide bonds. The van der Waals surface area contributed by atoms with Crippen molar-refractivity contribution in [1.29, 1.82) is 0 Å². The van der Waals surface area contributed by atoms with Crippen LogP contribution in [0.4, 0.5) is 0 Å². The van der Waals surface area contributed by atoms with Crippen molar-refractivity contribution in [3.63, 3.8) is 0 Å². The van der Waals surface area contributed by atoms with Crippen LogP contribution in [0.15, 0.2) is 42.7 Å². The van der Waals surface area contributed by atoms with E-state index >= 15 is 0 Å². The van der Waals surface area contributed by atoms with Gasteiger partial charge < -0.3 is 10.8 Å². The van der Waals surface area contributed by atoms with Crippen molar-refractivity contribution in [3.8, 4) is 0 Å². The standard InChI is InChI=1S/C17H19ClN2O2/c18-16-4-3-13(15(11-19)10-17(21)22)9-14(16)2-1-12-5-7-20-8-6-12/h3-9,15H,1-2,10-11,19H2,(H,21,22)/t15-/m0/s1. The van der Waals surface area contributed by atoms with Gasteiger partial charge in [-0.1, -0.05) is 23.7 Å². The van der Waals surface area contributed by atoms with Gasteiger partial charge >= 0.3 is 5.97 Å². The summed E-state index contributed by atoms with van der Waals surface area (Å²) < 4.78 is 0. The van der Waals surface area contributed by atoms with Crippen LogP contribution >= 0.6 is 11.6 Å². The number of hydrogen-bond acceptors (Lipinski definition) is 3. The molecule has 0 saturated carbocycles. The highest BCUT2D eigenvalue weighted by atomic mass is 35.5. The van der Waals surface area contributed by atoms with Crippen molar-refractivity contribution in [2.24, 2.45) is 5.73 Å². The van der Waals surface area contributed by atoms with E-state index in [0.29, 0.717) is 11.6 Å². The Bertz CT molecular complexity index is 632. The molecule has 2 rings (SSSR count). The van der Waals surface area contributed by atoms with E-state index in [1.54, 1.807) is 12.4 Å². The number of aromatic nitrogens is 1. The van der Waals surface area contributed by atoms with E-state index in [9.17, 15) is 4.79 Å². The summed E-state index contributed by atoms with van der Waals surface area (Å²) in [7, 11) is 0. The lowest BCUT2D eigenvalue weighted by Gasteiger charge is -2.15. The summed E-state index contributed by atoms with van der Waals surface area (Å²) >= 11 is 6.26. The third-order valence-electron chi connectivity index (χ3n) is 3.68. The van der Waals surface area contributed by atoms with Gasteiger partial charge in [0.05, 0.1) is 6.42 Å². The van der Waals surface area contributed by atoms with Crippen LogP contribution < -0.4 is 5.73 Å². The normalized spacial score (nSPS) is 12.1. The van der Waals surface area contributed by atoms with E-state index in [4.69, 9.17) is 22.4 Å². The maximum atomic E-state index is 10.9. The maximum absolute atomic E-state index is 10.9. The Morgan fingerprint density at radius 1 is 1.23 bits per heavy atom. The molecule has 0 aliphatic carbocycles. The van der Waals surface area contributed by atoms with E-state index in [1.807, 2.05) is 30.3 Å². The predicted molar refractivity (Wildman–Crippen MR) is 87.1 cm³/mol. The summed E-state index contributed by atoms with van der Waals surface area (Å²) in [6.45, 7) is 0.303. The van der Waals surface area contributed by atoms with Crippen LogP contribution in [0.2, 0.25) is 5.02 Å². The number of rotatable bonds is 7. The van der Waals surface area contributed by atoms with Crippen molar-refractivity contribution in [2.45, 2.75) is 25.2 Å². The highest BCUT2D eigenvalue weighted by Crippen LogP contribution is 2.25. The minimum atomic E-state index is -0.844. The molecule has 0 spiro atoms. The molecule has 1 aromatic carbocycles. The summed E-state index contributed by atoms with van der Waals surface area (Å²) in [6, 6.07) is 9.61. The summed E-state index contributed by atoms with van der Waals surface area (Å²) in [5.74, 6) is -1.03. The number of carboxylic acid groups (broad SMARTS) is 1. The summed E-state index contributed by atoms with van der Waals surface area (Å²) in [5.41, 5.74) is 8.84. The topological polar surface area (TPSA) is 76.2 Å². The molecule has 0 saturated heterocycles. The third-order valence-corrected chi connectivity index (χ3v) is 4.05. The van der Waals surface area contributed by atoms with Crippen molar-refractivity contribution in [1.82, 2.24) is 4.98 Å². The van der Waals surface area contributed by atoms with Gasteiger partial charge in [0, 0.05) is 23.3 Å². The number of nitrogens with two attached hydrogens (primary N) is 1. The number of halogens is 1. The van der Waals surface area contributed by atoms with Gasteiger partial charge in [-0.3, -0.25) is 9.78 Å². The molecule has 116 valence electrons. The lowest BCUT2D eigenvalue weighted by Crippen LogP contribution is -2.16. The molecule has 0 fully saturated rings. The summed E-state index contributed by atoms with van der Waals surface area (Å²) in [6.07, 6.45) is 5.22. The minimum Gasteiger partial charge on any atom is -0.481 e. The fourth-order valence-corrected chi connectivity index (χ4v) is 2.63. The molecule has 0 aliphatic heterocycles. The Labute approximate surface area is 134 Å². The number of nitrogens with zero attached hydrogens (tertiary/aromatic N) is 1. The summed E-state index contributed by atoms with van der Waals surface area (Å²) in [5, 5.41) is 9.66. The summed E-state index contributed by atoms with van der Waals surface area (Å²) in [4.78, 5) is 14.9. The van der Waals surface area contributed by atoms with Gasteiger partial charge in [0.2, 0.25) is 0 Å². The Balaban J connectivity index is 2.14. The lowest BCUT2D eigenvalue weighted by molar-refractivity contribution is -0.137. The van der Waals surface area contributed by atoms with E-state index < -0.39 is 5.97 Å². The fourth-order valence-electron chi connectivity index (χ4n) is 2.42. The molecule has 2 aromatic rings. The first-order chi connectivity index (χ1) is 10.6. The molecule has 5 heteroatoms. The molecule has 0 bridgehead atoms. The van der Waals surface area contributed by atoms with Gasteiger partial charge in [0.25, 0.3) is 0 Å². The van der Waals surface area contributed by atoms with Gasteiger partial charge in [-0.2, -0.15) is 0 Å². The third kappa shape index (κ3) is 4.55. The molecule has 1 heterocycles. The quantitative estimate of drug-likeness (QED) is 0.822. The van der Waals surface area contributed by atoms with Crippen LogP contribution in [-0.4, -0.2) is 22.6 Å². The average Bonchev–Trinajstić information content (AvgIpc) is 2.53. The predicted octanol–water partition coefficient (Wildman–Crippen LogP) is 3.04. The van der Waals surface area contributed by atoms with Crippen molar-refractivity contribution < 1.29 is 9.90 Å². The maximum Gasteiger partial charge on any atom is 0.304 e. The molecule has 22 heavy (non-hydrogen) atoms. The zero-order chi connectivity index (χ0) is 15.9. The monoisotopic (exact) mass is 318 g/mol. The number of aliphatic carboxylic acids is 1. The Morgan fingerprint density at radius 2 is 1.95 bits per heavy atom. The van der Waals surface area contributed by atoms with Gasteiger partial charge in [-0.25, -0.2) is 0 Å². The number of carbonyl (C=O) groups is 1. The molecular formula is C17H19ClN2O2. The number of pyridine rings is 1. The SMILES string of the molecule is NC[C@H](CC(=O)O)c1ccc(Cl)c(CCc2ccncc2)c1. The van der Waals surface area contributed by atoms with Crippen LogP contribution in [0.5, 0.6) is 0 Å². The Morgan fingerprint density at radius 3 is 2.59 bits per heavy atom. The molecule has 0 aliphatic rings. The van der Waals surface area contributed by atoms with Crippen LogP contribution in [0.3, 0.4) is 0 Å². The molecule has 4 nitrogen and oxygen atoms in total. The number of hydrogen-bond donors (Lipinski definition) is 2. The van der Waals surface area contributed by atoms with E-state index in [1.165, 1.54) is 5.56 Å². The van der Waals surface area contributed by atoms with Crippen molar-refractivity contribution in [2.75, 3.05) is 6.54 Å². The van der Waals surface area contributed by atoms with Crippen molar-refractivity contribution in [3.05, 3.63) is 64.4 Å². The zero-order valence-corrected chi connectivity index (χ0v) is 13.0. The first kappa shape index (κ1) is 16.5. The molecule has 1 aromatic heterocycles. The van der Waals surface area contributed by atoms with E-state index in [0.717, 1.165) is 24.0 Å². The highest BCUT2D eigenvalue weighted by Gasteiger charge is 2.15. The van der Waals surface area contributed by atoms with Gasteiger partial charge in [0.15, 0.2) is 0 Å². The smallest absolute Gasteiger partial charge is 0.304 e. The van der Waals surface area contributed by atoms with Crippen LogP contribution in [0, 0.1) is 0 Å². The number of aryl methyl sites for hydroxylation is 2. The van der Waals surface area contributed by atoms with Crippen molar-refractivity contribution >= 4 is 17.6 Å². The number of benzene rings is 1. The molecular weight excluding hydrogens is 300 g/mol. The zero-order valence-electron chi connectivity index (χ0n) is 12.2.